The van der Waals surface area contributed by atoms with Crippen LogP contribution in [0.2, 0.25) is 0 Å². The molecule has 0 aromatic rings. The summed E-state index contributed by atoms with van der Waals surface area (Å²) in [6, 6.07) is 0.218. The van der Waals surface area contributed by atoms with E-state index in [1.165, 1.54) is 32.1 Å². The predicted molar refractivity (Wildman–Crippen MR) is 81.0 cm³/mol. The molecule has 0 atom stereocenters. The zero-order chi connectivity index (χ0) is 15.3. The maximum absolute atomic E-state index is 12.0. The molecule has 4 bridgehead atoms. The van der Waals surface area contributed by atoms with Crippen LogP contribution in [0.5, 0.6) is 0 Å². The van der Waals surface area contributed by atoms with E-state index in [0.29, 0.717) is 18.4 Å². The van der Waals surface area contributed by atoms with Gasteiger partial charge < -0.3 is 15.4 Å². The highest BCUT2D eigenvalue weighted by Gasteiger charge is 2.57. The third kappa shape index (κ3) is 2.34. The lowest BCUT2D eigenvalue weighted by Gasteiger charge is -2.60. The number of ether oxygens (including phenoxy) is 1. The highest BCUT2D eigenvalue weighted by molar-refractivity contribution is 6.35. The Labute approximate surface area is 131 Å². The third-order valence-corrected chi connectivity index (χ3v) is 6.54. The second kappa shape index (κ2) is 5.22. The molecule has 5 heteroatoms. The molecule has 0 spiro atoms. The molecular weight excluding hydrogens is 280 g/mol. The van der Waals surface area contributed by atoms with E-state index >= 15 is 0 Å². The molecule has 5 fully saturated rings. The predicted octanol–water partition coefficient (Wildman–Crippen LogP) is 1.22. The molecule has 5 aliphatic rings. The summed E-state index contributed by atoms with van der Waals surface area (Å²) in [5.41, 5.74) is -0.247. The van der Waals surface area contributed by atoms with Crippen LogP contribution in [0.25, 0.3) is 0 Å². The molecule has 0 aliphatic heterocycles. The molecule has 5 aliphatic carbocycles. The molecule has 5 saturated carbocycles. The van der Waals surface area contributed by atoms with Gasteiger partial charge in [0.15, 0.2) is 0 Å². The van der Waals surface area contributed by atoms with E-state index < -0.39 is 11.8 Å². The Balaban J connectivity index is 1.41. The van der Waals surface area contributed by atoms with Crippen molar-refractivity contribution in [2.45, 2.75) is 56.6 Å². The third-order valence-electron chi connectivity index (χ3n) is 6.54. The Hall–Kier alpha value is -1.10. The lowest BCUT2D eigenvalue weighted by Crippen LogP contribution is -2.63. The number of amides is 2. The van der Waals surface area contributed by atoms with Crippen LogP contribution in [0.1, 0.15) is 44.9 Å². The standard InChI is InChI=1S/C17H26N2O3/c1-22-17(9-18-15(20)16(21)19-14-2-3-14)12-5-10-4-11(7-12)8-13(17)6-10/h10-14H,2-9H2,1H3,(H,18,20)(H,19,21). The van der Waals surface area contributed by atoms with E-state index in [2.05, 4.69) is 10.6 Å². The van der Waals surface area contributed by atoms with Crippen molar-refractivity contribution in [1.29, 1.82) is 0 Å². The van der Waals surface area contributed by atoms with Gasteiger partial charge in [0.2, 0.25) is 0 Å². The summed E-state index contributed by atoms with van der Waals surface area (Å²) in [6.07, 6.45) is 8.29. The Morgan fingerprint density at radius 3 is 2.09 bits per heavy atom. The van der Waals surface area contributed by atoms with Gasteiger partial charge in [0.05, 0.1) is 5.60 Å². The molecule has 5 nitrogen and oxygen atoms in total. The van der Waals surface area contributed by atoms with Gasteiger partial charge in [-0.25, -0.2) is 0 Å². The van der Waals surface area contributed by atoms with Gasteiger partial charge in [0.1, 0.15) is 0 Å². The van der Waals surface area contributed by atoms with Crippen molar-refractivity contribution >= 4 is 11.8 Å². The summed E-state index contributed by atoms with van der Waals surface area (Å²) >= 11 is 0. The molecule has 0 heterocycles. The maximum atomic E-state index is 12.0. The maximum Gasteiger partial charge on any atom is 0.309 e. The number of carbonyl (C=O) groups is 2. The highest BCUT2D eigenvalue weighted by atomic mass is 16.5. The second-order valence-electron chi connectivity index (χ2n) is 7.89. The first-order valence-electron chi connectivity index (χ1n) is 8.74. The SMILES string of the molecule is COC1(CNC(=O)C(=O)NC2CC2)C2CC3CC(C2)CC1C3. The minimum atomic E-state index is -0.503. The molecular formula is C17H26N2O3. The summed E-state index contributed by atoms with van der Waals surface area (Å²) in [6.45, 7) is 0.481. The zero-order valence-electron chi connectivity index (χ0n) is 13.3. The fraction of sp³-hybridized carbons (Fsp3) is 0.882. The van der Waals surface area contributed by atoms with Crippen molar-refractivity contribution in [3.05, 3.63) is 0 Å². The lowest BCUT2D eigenvalue weighted by molar-refractivity contribution is -0.188. The topological polar surface area (TPSA) is 67.4 Å². The summed E-state index contributed by atoms with van der Waals surface area (Å²) in [5.74, 6) is 1.81. The summed E-state index contributed by atoms with van der Waals surface area (Å²) in [7, 11) is 1.78. The number of hydrogen-bond acceptors (Lipinski definition) is 3. The van der Waals surface area contributed by atoms with Crippen LogP contribution in [0, 0.1) is 23.7 Å². The minimum absolute atomic E-state index is 0.218. The molecule has 0 aromatic heterocycles. The van der Waals surface area contributed by atoms with E-state index in [0.717, 1.165) is 24.7 Å². The molecule has 122 valence electrons. The van der Waals surface area contributed by atoms with Gasteiger partial charge in [0, 0.05) is 19.7 Å². The second-order valence-corrected chi connectivity index (χ2v) is 7.89. The average molecular weight is 306 g/mol. The molecule has 2 amide bonds. The van der Waals surface area contributed by atoms with Crippen LogP contribution in [0.15, 0.2) is 0 Å². The summed E-state index contributed by atoms with van der Waals surface area (Å²) in [4.78, 5) is 23.8. The van der Waals surface area contributed by atoms with Crippen LogP contribution in [0.3, 0.4) is 0 Å². The summed E-state index contributed by atoms with van der Waals surface area (Å²) in [5, 5.41) is 5.60. The molecule has 0 aromatic carbocycles. The van der Waals surface area contributed by atoms with Crippen molar-refractivity contribution < 1.29 is 14.3 Å². The van der Waals surface area contributed by atoms with Crippen LogP contribution in [-0.4, -0.2) is 37.1 Å². The molecule has 5 rings (SSSR count). The van der Waals surface area contributed by atoms with Gasteiger partial charge in [-0.1, -0.05) is 0 Å². The van der Waals surface area contributed by atoms with E-state index in [4.69, 9.17) is 4.74 Å². The zero-order valence-corrected chi connectivity index (χ0v) is 13.3. The Morgan fingerprint density at radius 1 is 1.00 bits per heavy atom. The Kier molecular flexibility index (Phi) is 3.44. The molecule has 0 unspecified atom stereocenters. The molecule has 22 heavy (non-hydrogen) atoms. The van der Waals surface area contributed by atoms with Crippen LogP contribution in [0.4, 0.5) is 0 Å². The van der Waals surface area contributed by atoms with Gasteiger partial charge in [-0.3, -0.25) is 9.59 Å². The van der Waals surface area contributed by atoms with Gasteiger partial charge in [-0.15, -0.1) is 0 Å². The first kappa shape index (κ1) is 14.5. The van der Waals surface area contributed by atoms with E-state index in [9.17, 15) is 9.59 Å². The fourth-order valence-electron chi connectivity index (χ4n) is 5.45. The largest absolute Gasteiger partial charge is 0.376 e. The van der Waals surface area contributed by atoms with Crippen molar-refractivity contribution in [1.82, 2.24) is 10.6 Å². The van der Waals surface area contributed by atoms with Gasteiger partial charge in [-0.05, 0) is 68.6 Å². The Bertz CT molecular complexity index is 458. The van der Waals surface area contributed by atoms with E-state index in [1.807, 2.05) is 0 Å². The fourth-order valence-corrected chi connectivity index (χ4v) is 5.45. The van der Waals surface area contributed by atoms with Gasteiger partial charge >= 0.3 is 11.8 Å². The smallest absolute Gasteiger partial charge is 0.309 e. The number of methoxy groups -OCH3 is 1. The highest BCUT2D eigenvalue weighted by Crippen LogP contribution is 2.59. The van der Waals surface area contributed by atoms with Crippen molar-refractivity contribution in [2.24, 2.45) is 23.7 Å². The first-order chi connectivity index (χ1) is 10.6. The van der Waals surface area contributed by atoms with Crippen LogP contribution >= 0.6 is 0 Å². The number of carbonyl (C=O) groups excluding carboxylic acids is 2. The normalized spacial score (nSPS) is 42.2. The Morgan fingerprint density at radius 2 is 1.59 bits per heavy atom. The van der Waals surface area contributed by atoms with Crippen molar-refractivity contribution in [3.8, 4) is 0 Å². The van der Waals surface area contributed by atoms with Crippen molar-refractivity contribution in [3.63, 3.8) is 0 Å². The average Bonchev–Trinajstić information content (AvgIpc) is 3.30. The van der Waals surface area contributed by atoms with E-state index in [-0.39, 0.29) is 11.6 Å². The van der Waals surface area contributed by atoms with Crippen LogP contribution in [-0.2, 0) is 14.3 Å². The van der Waals surface area contributed by atoms with E-state index in [1.54, 1.807) is 7.11 Å². The minimum Gasteiger partial charge on any atom is -0.376 e. The number of nitrogens with one attached hydrogen (secondary N) is 2. The molecule has 2 N–H and O–H groups in total. The van der Waals surface area contributed by atoms with Gasteiger partial charge in [-0.2, -0.15) is 0 Å². The van der Waals surface area contributed by atoms with Gasteiger partial charge in [0.25, 0.3) is 0 Å². The molecule has 0 saturated heterocycles. The lowest BCUT2D eigenvalue weighted by atomic mass is 9.49. The molecule has 0 radical (unpaired) electrons. The quantitative estimate of drug-likeness (QED) is 0.768. The van der Waals surface area contributed by atoms with Crippen LogP contribution < -0.4 is 10.6 Å². The monoisotopic (exact) mass is 306 g/mol. The first-order valence-corrected chi connectivity index (χ1v) is 8.74. The summed E-state index contributed by atoms with van der Waals surface area (Å²) < 4.78 is 5.99. The van der Waals surface area contributed by atoms with Crippen molar-refractivity contribution in [2.75, 3.05) is 13.7 Å². The number of rotatable bonds is 4. The number of hydrogen-bond donors (Lipinski definition) is 2.